The normalized spacial score (nSPS) is 26.9. The molecule has 3 atom stereocenters. The third-order valence-corrected chi connectivity index (χ3v) is 8.55. The fourth-order valence-corrected chi connectivity index (χ4v) is 6.68. The summed E-state index contributed by atoms with van der Waals surface area (Å²) >= 11 is 0. The highest BCUT2D eigenvalue weighted by molar-refractivity contribution is 6.00. The molecule has 2 aliphatic heterocycles. The van der Waals surface area contributed by atoms with Gasteiger partial charge < -0.3 is 19.6 Å². The molecular weight excluding hydrogens is 428 g/mol. The molecule has 2 N–H and O–H groups in total. The molecule has 1 amide bonds. The number of aryl methyl sites for hydroxylation is 1. The smallest absolute Gasteiger partial charge is 0.287 e. The largest absolute Gasteiger partial charge is 0.487 e. The first kappa shape index (κ1) is 23.7. The van der Waals surface area contributed by atoms with Crippen molar-refractivity contribution >= 4 is 16.9 Å². The van der Waals surface area contributed by atoms with Gasteiger partial charge in [-0.05, 0) is 77.8 Å². The lowest BCUT2D eigenvalue weighted by Gasteiger charge is -2.43. The molecule has 0 bridgehead atoms. The van der Waals surface area contributed by atoms with Crippen molar-refractivity contribution < 1.29 is 19.1 Å². The SMILES string of the molecule is Cc1c(C(=O)NCCCN2C(C)CCCC2C)oc2ccc3c(c12)C(O)CC1(CCCCC1)O3. The average Bonchev–Trinajstić information content (AvgIpc) is 3.15. The topological polar surface area (TPSA) is 74.9 Å². The van der Waals surface area contributed by atoms with Gasteiger partial charge in [-0.2, -0.15) is 0 Å². The van der Waals surface area contributed by atoms with Crippen LogP contribution in [0.5, 0.6) is 5.75 Å². The number of carbonyl (C=O) groups excluding carboxylic acids is 1. The van der Waals surface area contributed by atoms with Crippen LogP contribution in [-0.4, -0.2) is 46.7 Å². The van der Waals surface area contributed by atoms with Crippen molar-refractivity contribution in [2.24, 2.45) is 0 Å². The van der Waals surface area contributed by atoms with Crippen molar-refractivity contribution in [3.8, 4) is 5.75 Å². The van der Waals surface area contributed by atoms with E-state index in [4.69, 9.17) is 9.15 Å². The van der Waals surface area contributed by atoms with Crippen LogP contribution >= 0.6 is 0 Å². The monoisotopic (exact) mass is 468 g/mol. The molecule has 2 aromatic rings. The molecule has 1 aliphatic carbocycles. The van der Waals surface area contributed by atoms with Crippen molar-refractivity contribution in [2.75, 3.05) is 13.1 Å². The summed E-state index contributed by atoms with van der Waals surface area (Å²) < 4.78 is 12.5. The number of carbonyl (C=O) groups is 1. The Morgan fingerprint density at radius 3 is 2.62 bits per heavy atom. The Morgan fingerprint density at radius 2 is 1.88 bits per heavy atom. The first-order valence-electron chi connectivity index (χ1n) is 13.4. The molecule has 3 heterocycles. The van der Waals surface area contributed by atoms with Crippen LogP contribution in [0.15, 0.2) is 16.5 Å². The van der Waals surface area contributed by atoms with E-state index in [1.54, 1.807) is 0 Å². The van der Waals surface area contributed by atoms with Crippen molar-refractivity contribution in [3.05, 3.63) is 29.0 Å². The number of hydrogen-bond acceptors (Lipinski definition) is 5. The van der Waals surface area contributed by atoms with E-state index in [-0.39, 0.29) is 11.5 Å². The van der Waals surface area contributed by atoms with Crippen LogP contribution in [0.4, 0.5) is 0 Å². The van der Waals surface area contributed by atoms with E-state index in [1.165, 1.54) is 25.7 Å². The first-order chi connectivity index (χ1) is 16.4. The summed E-state index contributed by atoms with van der Waals surface area (Å²) in [5.41, 5.74) is 1.95. The Balaban J connectivity index is 1.29. The molecule has 6 nitrogen and oxygen atoms in total. The van der Waals surface area contributed by atoms with Gasteiger partial charge in [0.25, 0.3) is 5.91 Å². The molecule has 3 unspecified atom stereocenters. The van der Waals surface area contributed by atoms with Gasteiger partial charge >= 0.3 is 0 Å². The highest BCUT2D eigenvalue weighted by atomic mass is 16.5. The second-order valence-corrected chi connectivity index (χ2v) is 10.9. The summed E-state index contributed by atoms with van der Waals surface area (Å²) in [6, 6.07) is 5.02. The molecule has 1 saturated carbocycles. The number of aliphatic hydroxyl groups excluding tert-OH is 1. The zero-order valence-electron chi connectivity index (χ0n) is 21.0. The first-order valence-corrected chi connectivity index (χ1v) is 13.4. The van der Waals surface area contributed by atoms with Gasteiger partial charge in [-0.25, -0.2) is 0 Å². The minimum absolute atomic E-state index is 0.183. The Labute approximate surface area is 203 Å². The van der Waals surface area contributed by atoms with Gasteiger partial charge in [0.1, 0.15) is 16.9 Å². The average molecular weight is 469 g/mol. The minimum Gasteiger partial charge on any atom is -0.487 e. The van der Waals surface area contributed by atoms with E-state index in [9.17, 15) is 9.90 Å². The lowest BCUT2D eigenvalue weighted by Crippen LogP contribution is -2.44. The van der Waals surface area contributed by atoms with Crippen LogP contribution in [0.25, 0.3) is 11.0 Å². The standard InChI is InChI=1S/C28H40N2O4/c1-18-9-7-10-19(2)30(18)16-8-15-29-27(32)26-20(3)24-22(33-26)11-12-23-25(24)21(31)17-28(34-23)13-5-4-6-14-28/h11-12,18-19,21,31H,4-10,13-17H2,1-3H3,(H,29,32). The third-order valence-electron chi connectivity index (χ3n) is 8.55. The molecule has 6 heteroatoms. The number of benzene rings is 1. The van der Waals surface area contributed by atoms with E-state index >= 15 is 0 Å². The van der Waals surface area contributed by atoms with Gasteiger partial charge in [0.2, 0.25) is 0 Å². The van der Waals surface area contributed by atoms with Gasteiger partial charge in [-0.3, -0.25) is 9.69 Å². The molecule has 1 spiro atoms. The number of ether oxygens (including phenoxy) is 1. The molecule has 34 heavy (non-hydrogen) atoms. The molecule has 1 aromatic carbocycles. The van der Waals surface area contributed by atoms with Gasteiger partial charge in [-0.15, -0.1) is 0 Å². The van der Waals surface area contributed by atoms with E-state index in [2.05, 4.69) is 24.1 Å². The molecular formula is C28H40N2O4. The van der Waals surface area contributed by atoms with Gasteiger partial charge in [0, 0.05) is 48.1 Å². The zero-order valence-corrected chi connectivity index (χ0v) is 21.0. The van der Waals surface area contributed by atoms with E-state index in [0.717, 1.165) is 60.9 Å². The number of hydrogen-bond donors (Lipinski definition) is 2. The van der Waals surface area contributed by atoms with Crippen LogP contribution in [0.1, 0.15) is 106 Å². The van der Waals surface area contributed by atoms with Crippen molar-refractivity contribution in [1.82, 2.24) is 10.2 Å². The number of amides is 1. The van der Waals surface area contributed by atoms with Crippen LogP contribution in [0.3, 0.4) is 0 Å². The fraction of sp³-hybridized carbons (Fsp3) is 0.679. The molecule has 186 valence electrons. The number of aliphatic hydroxyl groups is 1. The summed E-state index contributed by atoms with van der Waals surface area (Å²) in [7, 11) is 0. The Hall–Kier alpha value is -2.05. The number of furan rings is 1. The van der Waals surface area contributed by atoms with Crippen LogP contribution in [-0.2, 0) is 0 Å². The number of likely N-dealkylation sites (tertiary alicyclic amines) is 1. The zero-order chi connectivity index (χ0) is 23.9. The summed E-state index contributed by atoms with van der Waals surface area (Å²) in [6.07, 6.45) is 10.3. The molecule has 0 radical (unpaired) electrons. The Bertz CT molecular complexity index is 1030. The maximum Gasteiger partial charge on any atom is 0.287 e. The number of nitrogens with one attached hydrogen (secondary N) is 1. The summed E-state index contributed by atoms with van der Waals surface area (Å²) in [5.74, 6) is 0.902. The quantitative estimate of drug-likeness (QED) is 0.555. The lowest BCUT2D eigenvalue weighted by molar-refractivity contribution is -0.0373. The maximum absolute atomic E-state index is 13.0. The second kappa shape index (κ2) is 9.54. The number of fused-ring (bicyclic) bond motifs is 3. The van der Waals surface area contributed by atoms with Crippen molar-refractivity contribution in [1.29, 1.82) is 0 Å². The van der Waals surface area contributed by atoms with Gasteiger partial charge in [0.05, 0.1) is 6.10 Å². The van der Waals surface area contributed by atoms with Crippen molar-refractivity contribution in [2.45, 2.75) is 109 Å². The van der Waals surface area contributed by atoms with E-state index in [1.807, 2.05) is 19.1 Å². The summed E-state index contributed by atoms with van der Waals surface area (Å²) in [4.78, 5) is 15.6. The number of nitrogens with zero attached hydrogens (tertiary/aromatic N) is 1. The highest BCUT2D eigenvalue weighted by Crippen LogP contribution is 2.49. The summed E-state index contributed by atoms with van der Waals surface area (Å²) in [6.45, 7) is 8.15. The molecule has 2 fully saturated rings. The predicted molar refractivity (Wildman–Crippen MR) is 133 cm³/mol. The number of piperidine rings is 1. The molecule has 1 saturated heterocycles. The number of rotatable bonds is 5. The Morgan fingerprint density at radius 1 is 1.15 bits per heavy atom. The summed E-state index contributed by atoms with van der Waals surface area (Å²) in [5, 5.41) is 15.0. The third kappa shape index (κ3) is 4.35. The van der Waals surface area contributed by atoms with E-state index < -0.39 is 6.10 Å². The van der Waals surface area contributed by atoms with Gasteiger partial charge in [0.15, 0.2) is 5.76 Å². The van der Waals surface area contributed by atoms with Crippen LogP contribution in [0.2, 0.25) is 0 Å². The molecule has 5 rings (SSSR count). The van der Waals surface area contributed by atoms with Crippen LogP contribution in [0, 0.1) is 6.92 Å². The van der Waals surface area contributed by atoms with Crippen LogP contribution < -0.4 is 10.1 Å². The minimum atomic E-state index is -0.605. The van der Waals surface area contributed by atoms with Gasteiger partial charge in [-0.1, -0.05) is 12.8 Å². The Kier molecular flexibility index (Phi) is 6.64. The lowest BCUT2D eigenvalue weighted by atomic mass is 9.77. The molecule has 3 aliphatic rings. The predicted octanol–water partition coefficient (Wildman–Crippen LogP) is 5.64. The maximum atomic E-state index is 13.0. The molecule has 1 aromatic heterocycles. The second-order valence-electron chi connectivity index (χ2n) is 10.9. The van der Waals surface area contributed by atoms with Crippen molar-refractivity contribution in [3.63, 3.8) is 0 Å². The fourth-order valence-electron chi connectivity index (χ4n) is 6.68. The van der Waals surface area contributed by atoms with E-state index in [0.29, 0.717) is 36.4 Å². The highest BCUT2D eigenvalue weighted by Gasteiger charge is 2.42.